The van der Waals surface area contributed by atoms with Gasteiger partial charge in [0.05, 0.1) is 21.7 Å². The van der Waals surface area contributed by atoms with Crippen molar-refractivity contribution in [3.05, 3.63) is 92.5 Å². The number of nitrogens with zero attached hydrogens (tertiary/aromatic N) is 4. The van der Waals surface area contributed by atoms with Crippen LogP contribution in [0.3, 0.4) is 0 Å². The summed E-state index contributed by atoms with van der Waals surface area (Å²) in [4.78, 5) is 70.1. The summed E-state index contributed by atoms with van der Waals surface area (Å²) < 4.78 is 6.50. The zero-order chi connectivity index (χ0) is 39.8. The minimum atomic E-state index is -0.973. The van der Waals surface area contributed by atoms with Crippen LogP contribution in [0.2, 0.25) is 5.02 Å². The number of ether oxygens (including phenoxy) is 1. The summed E-state index contributed by atoms with van der Waals surface area (Å²) in [6.07, 6.45) is 1.92. The first-order valence-electron chi connectivity index (χ1n) is 19.2. The predicted molar refractivity (Wildman–Crippen MR) is 208 cm³/mol. The van der Waals surface area contributed by atoms with Gasteiger partial charge in [-0.05, 0) is 85.8 Å². The third-order valence-corrected chi connectivity index (χ3v) is 13.3. The molecule has 0 radical (unpaired) electrons. The van der Waals surface area contributed by atoms with Crippen LogP contribution in [0.15, 0.2) is 48.5 Å². The molecule has 4 heterocycles. The maximum absolute atomic E-state index is 13.6. The van der Waals surface area contributed by atoms with E-state index >= 15 is 0 Å². The molecule has 2 saturated heterocycles. The third kappa shape index (κ3) is 6.12. The molecule has 3 aromatic rings. The Morgan fingerprint density at radius 3 is 2.09 bits per heavy atom. The number of piperidine rings is 2. The Hall–Kier alpha value is -5.25. The molecular weight excluding hydrogens is 732 g/mol. The van der Waals surface area contributed by atoms with Gasteiger partial charge in [-0.2, -0.15) is 5.26 Å². The summed E-state index contributed by atoms with van der Waals surface area (Å²) in [5.41, 5.74) is 4.73. The maximum atomic E-state index is 13.6. The van der Waals surface area contributed by atoms with Crippen LogP contribution in [0.1, 0.15) is 107 Å². The molecule has 0 bridgehead atoms. The van der Waals surface area contributed by atoms with Crippen LogP contribution in [0.25, 0.3) is 0 Å². The monoisotopic (exact) mass is 776 g/mol. The van der Waals surface area contributed by atoms with Crippen molar-refractivity contribution in [3.8, 4) is 11.8 Å². The number of hydrogen-bond donors (Lipinski definition) is 2. The van der Waals surface area contributed by atoms with Crippen LogP contribution in [0.5, 0.6) is 5.75 Å². The lowest BCUT2D eigenvalue weighted by Crippen LogP contribution is -2.74. The second-order valence-corrected chi connectivity index (χ2v) is 17.4. The highest BCUT2D eigenvalue weighted by Crippen LogP contribution is 2.56. The van der Waals surface area contributed by atoms with Gasteiger partial charge in [-0.1, -0.05) is 39.3 Å². The molecule has 56 heavy (non-hydrogen) atoms. The molecule has 2 N–H and O–H groups in total. The smallest absolute Gasteiger partial charge is 0.262 e. The fourth-order valence-electron chi connectivity index (χ4n) is 9.99. The molecule has 3 fully saturated rings. The number of carbonyl (C=O) groups is 5. The highest BCUT2D eigenvalue weighted by molar-refractivity contribution is 6.32. The van der Waals surface area contributed by atoms with Crippen molar-refractivity contribution in [2.45, 2.75) is 97.6 Å². The molecule has 13 heteroatoms. The highest BCUT2D eigenvalue weighted by atomic mass is 35.5. The molecule has 4 aliphatic heterocycles. The van der Waals surface area contributed by atoms with Gasteiger partial charge in [-0.25, -0.2) is 0 Å². The molecule has 0 aromatic heterocycles. The molecule has 0 spiro atoms. The topological polar surface area (TPSA) is 152 Å². The van der Waals surface area contributed by atoms with Gasteiger partial charge in [-0.3, -0.25) is 39.1 Å². The summed E-state index contributed by atoms with van der Waals surface area (Å²) in [5.74, 6) is -1.46. The molecule has 1 unspecified atom stereocenters. The summed E-state index contributed by atoms with van der Waals surface area (Å²) >= 11 is 6.41. The predicted octanol–water partition coefficient (Wildman–Crippen LogP) is 5.52. The average Bonchev–Trinajstić information content (AvgIpc) is 3.70. The normalized spacial score (nSPS) is 24.3. The summed E-state index contributed by atoms with van der Waals surface area (Å²) in [6.45, 7) is 13.3. The molecule has 5 amide bonds. The van der Waals surface area contributed by atoms with Crippen molar-refractivity contribution in [3.63, 3.8) is 0 Å². The van der Waals surface area contributed by atoms with Crippen molar-refractivity contribution in [2.24, 2.45) is 10.8 Å². The molecule has 1 atom stereocenters. The minimum absolute atomic E-state index is 0.0896. The first-order chi connectivity index (χ1) is 26.6. The Balaban J connectivity index is 0.850. The Bertz CT molecular complexity index is 2180. The van der Waals surface area contributed by atoms with Crippen LogP contribution in [0, 0.1) is 29.1 Å². The van der Waals surface area contributed by atoms with Crippen LogP contribution in [0.4, 0.5) is 5.69 Å². The summed E-state index contributed by atoms with van der Waals surface area (Å²) in [6, 6.07) is 16.2. The van der Waals surface area contributed by atoms with E-state index in [9.17, 15) is 29.2 Å². The lowest BCUT2D eigenvalue weighted by atomic mass is 9.49. The minimum Gasteiger partial charge on any atom is -0.489 e. The first-order valence-corrected chi connectivity index (χ1v) is 19.6. The maximum Gasteiger partial charge on any atom is 0.262 e. The number of anilines is 1. The van der Waals surface area contributed by atoms with Gasteiger partial charge < -0.3 is 15.0 Å². The molecule has 8 rings (SSSR count). The number of carbonyl (C=O) groups excluding carboxylic acids is 5. The number of nitriles is 1. The van der Waals surface area contributed by atoms with Crippen molar-refractivity contribution >= 4 is 46.8 Å². The van der Waals surface area contributed by atoms with Crippen LogP contribution in [-0.4, -0.2) is 76.7 Å². The first kappa shape index (κ1) is 37.7. The van der Waals surface area contributed by atoms with Gasteiger partial charge in [0.25, 0.3) is 17.7 Å². The van der Waals surface area contributed by atoms with E-state index in [1.165, 1.54) is 0 Å². The SMILES string of the molecule is Cc1c(O[C@H]2C(C)(C)[C@H](NC(=O)c3ccc(N4CCC(N5Cc6cc7c(cc6C5)C(=O)N(C5CCC(=O)NC5=O)C7=O)CC4)cc3)C2(C)C)ccc(C#N)c1Cl. The third-order valence-electron chi connectivity index (χ3n) is 12.8. The van der Waals surface area contributed by atoms with E-state index in [2.05, 4.69) is 54.2 Å². The van der Waals surface area contributed by atoms with Crippen molar-refractivity contribution in [2.75, 3.05) is 18.0 Å². The quantitative estimate of drug-likeness (QED) is 0.296. The van der Waals surface area contributed by atoms with E-state index in [-0.39, 0.29) is 41.7 Å². The second-order valence-electron chi connectivity index (χ2n) is 17.0. The van der Waals surface area contributed by atoms with Gasteiger partial charge in [0.1, 0.15) is 24.0 Å². The number of fused-ring (bicyclic) bond motifs is 2. The molecule has 290 valence electrons. The molecule has 3 aromatic carbocycles. The van der Waals surface area contributed by atoms with Crippen molar-refractivity contribution in [1.82, 2.24) is 20.4 Å². The Kier molecular flexibility index (Phi) is 9.24. The summed E-state index contributed by atoms with van der Waals surface area (Å²) in [7, 11) is 0. The van der Waals surface area contributed by atoms with E-state index in [0.717, 1.165) is 53.2 Å². The zero-order valence-electron chi connectivity index (χ0n) is 32.2. The van der Waals surface area contributed by atoms with Gasteiger partial charge >= 0.3 is 0 Å². The fourth-order valence-corrected chi connectivity index (χ4v) is 10.2. The molecular formula is C43H45ClN6O6. The zero-order valence-corrected chi connectivity index (χ0v) is 33.0. The number of imide groups is 2. The largest absolute Gasteiger partial charge is 0.489 e. The van der Waals surface area contributed by atoms with Crippen LogP contribution >= 0.6 is 11.6 Å². The van der Waals surface area contributed by atoms with E-state index in [4.69, 9.17) is 16.3 Å². The molecule has 5 aliphatic rings. The van der Waals surface area contributed by atoms with E-state index in [1.54, 1.807) is 12.1 Å². The number of hydrogen-bond acceptors (Lipinski definition) is 9. The standard InChI is InChI=1S/C43H45ClN6O6/c1-23-33(12-8-25(20-45)35(23)44)56-41-42(2,3)40(43(41,4)5)47-36(52)24-6-9-28(10-7-24)48-16-14-29(15-17-48)49-21-26-18-30-31(19-27(26)22-49)39(55)50(38(30)54)32-11-13-34(51)46-37(32)53/h6-10,12,18-19,29,32,40-41H,11,13-17,21-22H2,1-5H3,(H,47,52)(H,46,51,53)/t32?,40-,41-. The Morgan fingerprint density at radius 1 is 0.911 bits per heavy atom. The van der Waals surface area contributed by atoms with E-state index in [0.29, 0.717) is 52.2 Å². The van der Waals surface area contributed by atoms with Gasteiger partial charge in [0.2, 0.25) is 11.8 Å². The van der Waals surface area contributed by atoms with Crippen LogP contribution < -0.4 is 20.3 Å². The summed E-state index contributed by atoms with van der Waals surface area (Å²) in [5, 5.41) is 15.2. The number of benzene rings is 3. The van der Waals surface area contributed by atoms with E-state index in [1.807, 2.05) is 43.3 Å². The number of rotatable bonds is 7. The highest BCUT2D eigenvalue weighted by Gasteiger charge is 2.64. The average molecular weight is 777 g/mol. The second kappa shape index (κ2) is 13.7. The van der Waals surface area contributed by atoms with Crippen molar-refractivity contribution < 1.29 is 28.7 Å². The Labute approximate surface area is 331 Å². The number of amides is 5. The number of nitrogens with one attached hydrogen (secondary N) is 2. The van der Waals surface area contributed by atoms with Crippen molar-refractivity contribution in [1.29, 1.82) is 5.26 Å². The molecule has 1 saturated carbocycles. The fraction of sp³-hybridized carbons (Fsp3) is 0.442. The number of halogens is 1. The lowest BCUT2D eigenvalue weighted by Gasteiger charge is -2.63. The molecule has 1 aliphatic carbocycles. The van der Waals surface area contributed by atoms with E-state index < -0.39 is 29.7 Å². The van der Waals surface area contributed by atoms with Gasteiger partial charge in [0.15, 0.2) is 0 Å². The van der Waals surface area contributed by atoms with Gasteiger partial charge in [0, 0.05) is 72.3 Å². The van der Waals surface area contributed by atoms with Crippen LogP contribution in [-0.2, 0) is 22.7 Å². The molecule has 12 nitrogen and oxygen atoms in total. The van der Waals surface area contributed by atoms with Gasteiger partial charge in [-0.15, -0.1) is 0 Å². The lowest BCUT2D eigenvalue weighted by molar-refractivity contribution is -0.164. The Morgan fingerprint density at radius 2 is 1.52 bits per heavy atom.